The number of likely N-dealkylation sites (tertiary alicyclic amines) is 1. The van der Waals surface area contributed by atoms with E-state index in [-0.39, 0.29) is 43.7 Å². The summed E-state index contributed by atoms with van der Waals surface area (Å²) in [5, 5.41) is 15.9. The quantitative estimate of drug-likeness (QED) is 0.433. The smallest absolute Gasteiger partial charge is 0.246 e. The van der Waals surface area contributed by atoms with E-state index in [4.69, 9.17) is 5.73 Å². The first-order chi connectivity index (χ1) is 16.5. The molecule has 3 atom stereocenters. The number of hydrogen-bond donors (Lipinski definition) is 4. The van der Waals surface area contributed by atoms with E-state index in [9.17, 15) is 19.5 Å². The van der Waals surface area contributed by atoms with Crippen molar-refractivity contribution in [2.45, 2.75) is 65.3 Å². The first-order valence-corrected chi connectivity index (χ1v) is 12.6. The molecule has 9 nitrogen and oxygen atoms in total. The van der Waals surface area contributed by atoms with Crippen molar-refractivity contribution in [1.29, 1.82) is 0 Å². The fourth-order valence-electron chi connectivity index (χ4n) is 4.14. The molecule has 3 unspecified atom stereocenters. The van der Waals surface area contributed by atoms with E-state index >= 15 is 0 Å². The number of nitrogens with one attached hydrogen (secondary N) is 2. The molecule has 1 aliphatic rings. The van der Waals surface area contributed by atoms with Crippen LogP contribution in [0.1, 0.15) is 44.9 Å². The van der Waals surface area contributed by atoms with Crippen LogP contribution in [0, 0.1) is 12.3 Å². The maximum absolute atomic E-state index is 13.4. The molecule has 0 aliphatic carbocycles. The molecule has 3 rings (SSSR count). The van der Waals surface area contributed by atoms with Crippen LogP contribution in [0.2, 0.25) is 0 Å². The molecular weight excluding hydrogens is 466 g/mol. The summed E-state index contributed by atoms with van der Waals surface area (Å²) in [5.74, 6) is -1.04. The Labute approximate surface area is 210 Å². The Balaban J connectivity index is 1.67. The lowest BCUT2D eigenvalue weighted by molar-refractivity contribution is -0.144. The van der Waals surface area contributed by atoms with Crippen LogP contribution >= 0.6 is 11.3 Å². The molecule has 0 radical (unpaired) electrons. The number of carbonyl (C=O) groups excluding carboxylic acids is 3. The van der Waals surface area contributed by atoms with Crippen LogP contribution in [-0.2, 0) is 20.9 Å². The molecule has 0 saturated carbocycles. The SMILES string of the molecule is Cc1ncsc1-c1ccc(CNC(=O)C2CC(O)CN2C(=O)C(NC(=O)CCN)C(C)(C)C)cc1. The molecule has 190 valence electrons. The predicted octanol–water partition coefficient (Wildman–Crippen LogP) is 1.58. The third kappa shape index (κ3) is 6.65. The molecule has 1 aromatic carbocycles. The van der Waals surface area contributed by atoms with Crippen LogP contribution in [0.5, 0.6) is 0 Å². The minimum Gasteiger partial charge on any atom is -0.391 e. The van der Waals surface area contributed by atoms with Gasteiger partial charge in [0.05, 0.1) is 22.2 Å². The van der Waals surface area contributed by atoms with Crippen LogP contribution in [0.4, 0.5) is 0 Å². The summed E-state index contributed by atoms with van der Waals surface area (Å²) in [6, 6.07) is 6.23. The highest BCUT2D eigenvalue weighted by Gasteiger charge is 2.44. The first kappa shape index (κ1) is 26.8. The second-order valence-electron chi connectivity index (χ2n) is 9.98. The molecule has 0 bridgehead atoms. The van der Waals surface area contributed by atoms with Crippen LogP contribution in [0.25, 0.3) is 10.4 Å². The molecule has 2 heterocycles. The van der Waals surface area contributed by atoms with Gasteiger partial charge in [-0.3, -0.25) is 14.4 Å². The molecular formula is C25H35N5O4S. The lowest BCUT2D eigenvalue weighted by Gasteiger charge is -2.35. The Kier molecular flexibility index (Phi) is 8.63. The Hall–Kier alpha value is -2.82. The predicted molar refractivity (Wildman–Crippen MR) is 135 cm³/mol. The first-order valence-electron chi connectivity index (χ1n) is 11.8. The van der Waals surface area contributed by atoms with Crippen LogP contribution < -0.4 is 16.4 Å². The van der Waals surface area contributed by atoms with E-state index in [1.54, 1.807) is 11.3 Å². The zero-order valence-corrected chi connectivity index (χ0v) is 21.5. The van der Waals surface area contributed by atoms with Crippen molar-refractivity contribution in [1.82, 2.24) is 20.5 Å². The summed E-state index contributed by atoms with van der Waals surface area (Å²) in [5.41, 5.74) is 9.66. The highest BCUT2D eigenvalue weighted by molar-refractivity contribution is 7.13. The largest absolute Gasteiger partial charge is 0.391 e. The lowest BCUT2D eigenvalue weighted by atomic mass is 9.85. The number of amides is 3. The van der Waals surface area contributed by atoms with E-state index in [0.29, 0.717) is 6.54 Å². The Bertz CT molecular complexity index is 1050. The zero-order chi connectivity index (χ0) is 25.8. The summed E-state index contributed by atoms with van der Waals surface area (Å²) in [7, 11) is 0. The van der Waals surface area contributed by atoms with E-state index in [1.807, 2.05) is 57.5 Å². The fraction of sp³-hybridized carbons (Fsp3) is 0.520. The van der Waals surface area contributed by atoms with Crippen molar-refractivity contribution in [3.05, 3.63) is 41.0 Å². The maximum atomic E-state index is 13.4. The van der Waals surface area contributed by atoms with Gasteiger partial charge in [-0.15, -0.1) is 11.3 Å². The van der Waals surface area contributed by atoms with Gasteiger partial charge < -0.3 is 26.4 Å². The van der Waals surface area contributed by atoms with E-state index in [1.165, 1.54) is 4.90 Å². The average molecular weight is 502 g/mol. The summed E-state index contributed by atoms with van der Waals surface area (Å²) in [6.45, 7) is 8.02. The second kappa shape index (κ2) is 11.3. The number of rotatable bonds is 8. The second-order valence-corrected chi connectivity index (χ2v) is 10.8. The van der Waals surface area contributed by atoms with Gasteiger partial charge in [0.15, 0.2) is 0 Å². The van der Waals surface area contributed by atoms with Crippen LogP contribution in [-0.4, -0.2) is 64.0 Å². The van der Waals surface area contributed by atoms with Gasteiger partial charge in [-0.25, -0.2) is 4.98 Å². The van der Waals surface area contributed by atoms with Crippen molar-refractivity contribution in [3.8, 4) is 10.4 Å². The third-order valence-corrected chi connectivity index (χ3v) is 7.06. The molecule has 35 heavy (non-hydrogen) atoms. The topological polar surface area (TPSA) is 138 Å². The molecule has 3 amide bonds. The number of β-amino-alcohol motifs (C(OH)–C–C–N with tert-alkyl or cyclic N) is 1. The van der Waals surface area contributed by atoms with E-state index in [2.05, 4.69) is 15.6 Å². The number of carbonyl (C=O) groups is 3. The molecule has 1 saturated heterocycles. The number of benzene rings is 1. The molecule has 0 spiro atoms. The Morgan fingerprint density at radius 2 is 1.94 bits per heavy atom. The molecule has 1 aromatic heterocycles. The summed E-state index contributed by atoms with van der Waals surface area (Å²) in [4.78, 5) is 45.4. The minimum absolute atomic E-state index is 0.0408. The van der Waals surface area contributed by atoms with Crippen molar-refractivity contribution < 1.29 is 19.5 Å². The van der Waals surface area contributed by atoms with Crippen molar-refractivity contribution in [3.63, 3.8) is 0 Å². The van der Waals surface area contributed by atoms with Gasteiger partial charge in [0.2, 0.25) is 17.7 Å². The number of aliphatic hydroxyl groups is 1. The summed E-state index contributed by atoms with van der Waals surface area (Å²) >= 11 is 1.58. The number of thiazole rings is 1. The molecule has 1 fully saturated rings. The van der Waals surface area contributed by atoms with Gasteiger partial charge in [0.1, 0.15) is 12.1 Å². The molecule has 1 aliphatic heterocycles. The fourth-order valence-corrected chi connectivity index (χ4v) is 4.96. The Morgan fingerprint density at radius 3 is 2.51 bits per heavy atom. The molecule has 2 aromatic rings. The van der Waals surface area contributed by atoms with E-state index in [0.717, 1.165) is 21.7 Å². The van der Waals surface area contributed by atoms with Crippen LogP contribution in [0.3, 0.4) is 0 Å². The third-order valence-electron chi connectivity index (χ3n) is 6.08. The van der Waals surface area contributed by atoms with Gasteiger partial charge in [0, 0.05) is 32.5 Å². The number of aromatic nitrogens is 1. The van der Waals surface area contributed by atoms with Gasteiger partial charge >= 0.3 is 0 Å². The van der Waals surface area contributed by atoms with Crippen molar-refractivity contribution >= 4 is 29.1 Å². The number of hydrogen-bond acceptors (Lipinski definition) is 7. The number of nitrogens with two attached hydrogens (primary N) is 1. The average Bonchev–Trinajstić information content (AvgIpc) is 3.40. The summed E-state index contributed by atoms with van der Waals surface area (Å²) in [6.07, 6.45) is -0.556. The molecule has 10 heteroatoms. The van der Waals surface area contributed by atoms with Crippen molar-refractivity contribution in [2.75, 3.05) is 13.1 Å². The lowest BCUT2D eigenvalue weighted by Crippen LogP contribution is -2.57. The monoisotopic (exact) mass is 501 g/mol. The molecule has 5 N–H and O–H groups in total. The van der Waals surface area contributed by atoms with Crippen molar-refractivity contribution in [2.24, 2.45) is 11.1 Å². The minimum atomic E-state index is -0.843. The summed E-state index contributed by atoms with van der Waals surface area (Å²) < 4.78 is 0. The maximum Gasteiger partial charge on any atom is 0.246 e. The highest BCUT2D eigenvalue weighted by atomic mass is 32.1. The van der Waals surface area contributed by atoms with Gasteiger partial charge in [-0.05, 0) is 23.5 Å². The van der Waals surface area contributed by atoms with Gasteiger partial charge in [-0.1, -0.05) is 45.0 Å². The van der Waals surface area contributed by atoms with Gasteiger partial charge in [0.25, 0.3) is 0 Å². The van der Waals surface area contributed by atoms with E-state index < -0.39 is 23.6 Å². The number of aryl methyl sites for hydroxylation is 1. The van der Waals surface area contributed by atoms with Crippen LogP contribution in [0.15, 0.2) is 29.8 Å². The highest BCUT2D eigenvalue weighted by Crippen LogP contribution is 2.28. The zero-order valence-electron chi connectivity index (χ0n) is 20.7. The standard InChI is InChI=1S/C25H35N5O4S/c1-15-21(35-14-28-15)17-7-5-16(6-8-17)12-27-23(33)19-11-18(31)13-30(19)24(34)22(25(2,3)4)29-20(32)9-10-26/h5-8,14,18-19,22,31H,9-13,26H2,1-4H3,(H,27,33)(H,29,32). The normalized spacial score (nSPS) is 18.9. The number of nitrogens with zero attached hydrogens (tertiary/aromatic N) is 2. The number of aliphatic hydroxyl groups excluding tert-OH is 1. The van der Waals surface area contributed by atoms with Gasteiger partial charge in [-0.2, -0.15) is 0 Å². The Morgan fingerprint density at radius 1 is 1.26 bits per heavy atom.